The van der Waals surface area contributed by atoms with Gasteiger partial charge in [-0.2, -0.15) is 0 Å². The van der Waals surface area contributed by atoms with Crippen molar-refractivity contribution in [3.63, 3.8) is 0 Å². The monoisotopic (exact) mass is 387 g/mol. The second-order valence-electron chi connectivity index (χ2n) is 7.38. The van der Waals surface area contributed by atoms with Gasteiger partial charge in [-0.1, -0.05) is 12.1 Å². The lowest BCUT2D eigenvalue weighted by molar-refractivity contribution is -0.147. The number of ether oxygens (including phenoxy) is 2. The molecule has 0 saturated carbocycles. The van der Waals surface area contributed by atoms with Gasteiger partial charge in [0.15, 0.2) is 6.10 Å². The molecule has 2 aliphatic rings. The molecule has 0 spiro atoms. The van der Waals surface area contributed by atoms with E-state index >= 15 is 0 Å². The number of amides is 1. The molecule has 1 aromatic carbocycles. The van der Waals surface area contributed by atoms with E-state index in [1.807, 2.05) is 28.5 Å². The van der Waals surface area contributed by atoms with Crippen molar-refractivity contribution in [3.05, 3.63) is 51.2 Å². The van der Waals surface area contributed by atoms with Gasteiger partial charge in [0, 0.05) is 24.3 Å². The first kappa shape index (κ1) is 18.5. The minimum absolute atomic E-state index is 0.00631. The van der Waals surface area contributed by atoms with Gasteiger partial charge >= 0.3 is 0 Å². The summed E-state index contributed by atoms with van der Waals surface area (Å²) in [6.45, 7) is 5.64. The van der Waals surface area contributed by atoms with Crippen molar-refractivity contribution in [2.24, 2.45) is 0 Å². The minimum Gasteiger partial charge on any atom is -0.480 e. The van der Waals surface area contributed by atoms with E-state index in [4.69, 9.17) is 9.47 Å². The summed E-state index contributed by atoms with van der Waals surface area (Å²) >= 11 is 1.53. The fourth-order valence-corrected chi connectivity index (χ4v) is 4.56. The molecule has 5 nitrogen and oxygen atoms in total. The number of hydrogen-bond donors (Lipinski definition) is 1. The highest BCUT2D eigenvalue weighted by molar-refractivity contribution is 7.10. The summed E-state index contributed by atoms with van der Waals surface area (Å²) in [5.74, 6) is 0.813. The molecule has 27 heavy (non-hydrogen) atoms. The third kappa shape index (κ3) is 3.74. The summed E-state index contributed by atoms with van der Waals surface area (Å²) in [4.78, 5) is 15.9. The van der Waals surface area contributed by atoms with Crippen LogP contribution >= 0.6 is 11.3 Å². The molecule has 144 valence electrons. The molecule has 0 aliphatic carbocycles. The molecule has 3 atom stereocenters. The van der Waals surface area contributed by atoms with Crippen LogP contribution in [0.5, 0.6) is 5.75 Å². The van der Waals surface area contributed by atoms with Crippen molar-refractivity contribution < 1.29 is 19.4 Å². The molecule has 1 aromatic heterocycles. The van der Waals surface area contributed by atoms with Crippen LogP contribution in [0, 0.1) is 13.8 Å². The lowest BCUT2D eigenvalue weighted by Crippen LogP contribution is -2.53. The van der Waals surface area contributed by atoms with E-state index in [-0.39, 0.29) is 11.9 Å². The first-order valence-electron chi connectivity index (χ1n) is 9.39. The van der Waals surface area contributed by atoms with Crippen LogP contribution in [0.2, 0.25) is 0 Å². The van der Waals surface area contributed by atoms with Crippen LogP contribution in [-0.2, 0) is 16.0 Å². The number of aryl methyl sites for hydroxylation is 2. The van der Waals surface area contributed by atoms with E-state index in [1.54, 1.807) is 0 Å². The zero-order valence-electron chi connectivity index (χ0n) is 15.7. The summed E-state index contributed by atoms with van der Waals surface area (Å²) in [5, 5.41) is 12.5. The highest BCUT2D eigenvalue weighted by atomic mass is 32.1. The van der Waals surface area contributed by atoms with Crippen molar-refractivity contribution in [2.75, 3.05) is 19.8 Å². The van der Waals surface area contributed by atoms with E-state index in [1.165, 1.54) is 22.5 Å². The fourth-order valence-electron chi connectivity index (χ4n) is 3.83. The van der Waals surface area contributed by atoms with Gasteiger partial charge in [0.25, 0.3) is 5.91 Å². The average Bonchev–Trinajstić information content (AvgIpc) is 3.32. The van der Waals surface area contributed by atoms with E-state index in [0.717, 1.165) is 16.2 Å². The van der Waals surface area contributed by atoms with Crippen molar-refractivity contribution in [2.45, 2.75) is 44.9 Å². The third-order valence-corrected chi connectivity index (χ3v) is 6.48. The van der Waals surface area contributed by atoms with Crippen LogP contribution < -0.4 is 4.74 Å². The molecule has 2 aromatic rings. The SMILES string of the molecule is Cc1cc2c(cc1C)O[C@H](C(=O)N1CCOC[C@H]1C[C@H](O)c1cccs1)C2. The van der Waals surface area contributed by atoms with Crippen LogP contribution in [0.1, 0.15) is 34.1 Å². The van der Waals surface area contributed by atoms with Crippen LogP contribution in [0.3, 0.4) is 0 Å². The highest BCUT2D eigenvalue weighted by Gasteiger charge is 2.37. The Balaban J connectivity index is 1.46. The fraction of sp³-hybridized carbons (Fsp3) is 0.476. The summed E-state index contributed by atoms with van der Waals surface area (Å²) in [6.07, 6.45) is 0.0106. The standard InChI is InChI=1S/C21H25NO4S/c1-13-8-15-10-19(26-18(15)9-14(13)2)21(24)22-5-6-25-12-16(22)11-17(23)20-4-3-7-27-20/h3-4,7-9,16-17,19,23H,5-6,10-12H2,1-2H3/t16-,17+,19+/m1/s1. The summed E-state index contributed by atoms with van der Waals surface area (Å²) in [7, 11) is 0. The third-order valence-electron chi connectivity index (χ3n) is 5.50. The van der Waals surface area contributed by atoms with Crippen molar-refractivity contribution in [1.29, 1.82) is 0 Å². The van der Waals surface area contributed by atoms with Gasteiger partial charge in [-0.05, 0) is 48.1 Å². The zero-order chi connectivity index (χ0) is 19.0. The maximum Gasteiger partial charge on any atom is 0.264 e. The lowest BCUT2D eigenvalue weighted by atomic mass is 10.0. The molecule has 6 heteroatoms. The molecule has 1 amide bonds. The molecular formula is C21H25NO4S. The summed E-state index contributed by atoms with van der Waals surface area (Å²) in [5.41, 5.74) is 3.49. The smallest absolute Gasteiger partial charge is 0.264 e. The van der Waals surface area contributed by atoms with Crippen LogP contribution in [-0.4, -0.2) is 47.8 Å². The van der Waals surface area contributed by atoms with Gasteiger partial charge in [0.2, 0.25) is 0 Å². The molecule has 0 unspecified atom stereocenters. The molecule has 1 saturated heterocycles. The normalized spacial score (nSPS) is 23.0. The summed E-state index contributed by atoms with van der Waals surface area (Å²) in [6, 6.07) is 7.85. The number of hydrogen-bond acceptors (Lipinski definition) is 5. The molecule has 2 aliphatic heterocycles. The van der Waals surface area contributed by atoms with Crippen LogP contribution in [0.4, 0.5) is 0 Å². The second-order valence-corrected chi connectivity index (χ2v) is 8.36. The van der Waals surface area contributed by atoms with Crippen molar-refractivity contribution in [3.8, 4) is 5.75 Å². The quantitative estimate of drug-likeness (QED) is 0.876. The Hall–Kier alpha value is -1.89. The molecule has 1 N–H and O–H groups in total. The Kier molecular flexibility index (Phi) is 5.21. The Morgan fingerprint density at radius 2 is 2.19 bits per heavy atom. The number of fused-ring (bicyclic) bond motifs is 1. The predicted octanol–water partition coefficient (Wildman–Crippen LogP) is 3.02. The number of thiophene rings is 1. The highest BCUT2D eigenvalue weighted by Crippen LogP contribution is 2.33. The Bertz CT molecular complexity index is 789. The van der Waals surface area contributed by atoms with Gasteiger partial charge in [-0.15, -0.1) is 11.3 Å². The number of carbonyl (C=O) groups is 1. The maximum absolute atomic E-state index is 13.2. The number of aliphatic hydroxyl groups excluding tert-OH is 1. The summed E-state index contributed by atoms with van der Waals surface area (Å²) < 4.78 is 11.6. The van der Waals surface area contributed by atoms with E-state index in [0.29, 0.717) is 32.6 Å². The Labute approximate surface area is 163 Å². The molecule has 4 rings (SSSR count). The van der Waals surface area contributed by atoms with Gasteiger partial charge in [-0.3, -0.25) is 4.79 Å². The van der Waals surface area contributed by atoms with Crippen LogP contribution in [0.15, 0.2) is 29.6 Å². The first-order valence-corrected chi connectivity index (χ1v) is 10.3. The topological polar surface area (TPSA) is 59.0 Å². The Morgan fingerprint density at radius 3 is 2.96 bits per heavy atom. The van der Waals surface area contributed by atoms with Gasteiger partial charge in [-0.25, -0.2) is 0 Å². The van der Waals surface area contributed by atoms with E-state index < -0.39 is 12.2 Å². The molecule has 1 fully saturated rings. The Morgan fingerprint density at radius 1 is 1.37 bits per heavy atom. The number of aliphatic hydroxyl groups is 1. The largest absolute Gasteiger partial charge is 0.480 e. The molecular weight excluding hydrogens is 362 g/mol. The van der Waals surface area contributed by atoms with Gasteiger partial charge < -0.3 is 19.5 Å². The van der Waals surface area contributed by atoms with E-state index in [9.17, 15) is 9.90 Å². The number of carbonyl (C=O) groups excluding carboxylic acids is 1. The predicted molar refractivity (Wildman–Crippen MR) is 104 cm³/mol. The van der Waals surface area contributed by atoms with Gasteiger partial charge in [0.05, 0.1) is 25.4 Å². The second kappa shape index (κ2) is 7.62. The zero-order valence-corrected chi connectivity index (χ0v) is 16.5. The molecule has 0 radical (unpaired) electrons. The molecule has 3 heterocycles. The number of morpholine rings is 1. The molecule has 0 bridgehead atoms. The average molecular weight is 388 g/mol. The van der Waals surface area contributed by atoms with Crippen LogP contribution in [0.25, 0.3) is 0 Å². The van der Waals surface area contributed by atoms with E-state index in [2.05, 4.69) is 19.9 Å². The van der Waals surface area contributed by atoms with Crippen molar-refractivity contribution in [1.82, 2.24) is 4.90 Å². The first-order chi connectivity index (χ1) is 13.0. The number of rotatable bonds is 4. The number of benzene rings is 1. The van der Waals surface area contributed by atoms with Gasteiger partial charge in [0.1, 0.15) is 5.75 Å². The minimum atomic E-state index is -0.584. The number of nitrogens with zero attached hydrogens (tertiary/aromatic N) is 1. The van der Waals surface area contributed by atoms with Crippen molar-refractivity contribution >= 4 is 17.2 Å². The lowest BCUT2D eigenvalue weighted by Gasteiger charge is -2.37. The maximum atomic E-state index is 13.2.